The van der Waals surface area contributed by atoms with E-state index < -0.39 is 0 Å². The maximum Gasteiger partial charge on any atom is 0.0174 e. The van der Waals surface area contributed by atoms with Gasteiger partial charge in [-0.2, -0.15) is 0 Å². The first kappa shape index (κ1) is 11.6. The molecule has 1 heteroatoms. The van der Waals surface area contributed by atoms with E-state index in [-0.39, 0.29) is 0 Å². The Morgan fingerprint density at radius 3 is 2.54 bits per heavy atom. The van der Waals surface area contributed by atoms with Crippen molar-refractivity contribution in [1.82, 2.24) is 0 Å². The Kier molecular flexibility index (Phi) is 4.78. The normalized spacial score (nSPS) is 36.5. The van der Waals surface area contributed by atoms with Crippen LogP contribution >= 0.6 is 15.9 Å². The SMILES string of the molecule is CCCC(C)CC1CCC(Br)C1C. The minimum atomic E-state index is 0.798. The highest BCUT2D eigenvalue weighted by molar-refractivity contribution is 9.09. The van der Waals surface area contributed by atoms with Gasteiger partial charge in [0.25, 0.3) is 0 Å². The highest BCUT2D eigenvalue weighted by atomic mass is 79.9. The Morgan fingerprint density at radius 2 is 2.08 bits per heavy atom. The second-order valence-corrected chi connectivity index (χ2v) is 6.02. The van der Waals surface area contributed by atoms with Gasteiger partial charge in [0.2, 0.25) is 0 Å². The summed E-state index contributed by atoms with van der Waals surface area (Å²) >= 11 is 3.77. The molecule has 0 bridgehead atoms. The lowest BCUT2D eigenvalue weighted by atomic mass is 9.87. The predicted molar refractivity (Wildman–Crippen MR) is 63.3 cm³/mol. The van der Waals surface area contributed by atoms with Crippen LogP contribution in [0.4, 0.5) is 0 Å². The van der Waals surface area contributed by atoms with Crippen LogP contribution in [-0.2, 0) is 0 Å². The molecule has 0 spiro atoms. The molecule has 0 radical (unpaired) electrons. The quantitative estimate of drug-likeness (QED) is 0.636. The Bertz CT molecular complexity index is 144. The Balaban J connectivity index is 2.29. The summed E-state index contributed by atoms with van der Waals surface area (Å²) in [7, 11) is 0. The number of halogens is 1. The summed E-state index contributed by atoms with van der Waals surface area (Å²) < 4.78 is 0. The molecule has 0 aromatic carbocycles. The summed E-state index contributed by atoms with van der Waals surface area (Å²) in [5, 5.41) is 0. The maximum atomic E-state index is 3.77. The van der Waals surface area contributed by atoms with Gasteiger partial charge in [-0.05, 0) is 37.0 Å². The van der Waals surface area contributed by atoms with Crippen LogP contribution in [0.15, 0.2) is 0 Å². The molecule has 0 heterocycles. The Labute approximate surface area is 91.6 Å². The van der Waals surface area contributed by atoms with Crippen molar-refractivity contribution in [3.63, 3.8) is 0 Å². The minimum absolute atomic E-state index is 0.798. The fourth-order valence-corrected chi connectivity index (χ4v) is 3.35. The number of alkyl halides is 1. The molecule has 78 valence electrons. The second-order valence-electron chi connectivity index (χ2n) is 4.84. The molecular weight excluding hydrogens is 224 g/mol. The minimum Gasteiger partial charge on any atom is -0.0888 e. The van der Waals surface area contributed by atoms with Crippen molar-refractivity contribution in [1.29, 1.82) is 0 Å². The molecule has 1 saturated carbocycles. The van der Waals surface area contributed by atoms with Crippen LogP contribution in [0.2, 0.25) is 0 Å². The van der Waals surface area contributed by atoms with Crippen LogP contribution in [0.5, 0.6) is 0 Å². The van der Waals surface area contributed by atoms with Gasteiger partial charge in [0.15, 0.2) is 0 Å². The summed E-state index contributed by atoms with van der Waals surface area (Å²) in [5.74, 6) is 2.83. The Hall–Kier alpha value is 0.480. The molecule has 1 rings (SSSR count). The van der Waals surface area contributed by atoms with Crippen molar-refractivity contribution >= 4 is 15.9 Å². The molecule has 0 aromatic rings. The zero-order chi connectivity index (χ0) is 9.84. The highest BCUT2D eigenvalue weighted by Crippen LogP contribution is 2.40. The summed E-state index contributed by atoms with van der Waals surface area (Å²) in [6.45, 7) is 7.12. The number of hydrogen-bond acceptors (Lipinski definition) is 0. The summed E-state index contributed by atoms with van der Waals surface area (Å²) in [6, 6.07) is 0. The predicted octanol–water partition coefficient (Wildman–Crippen LogP) is 4.62. The van der Waals surface area contributed by atoms with E-state index in [9.17, 15) is 0 Å². The lowest BCUT2D eigenvalue weighted by molar-refractivity contribution is 0.322. The zero-order valence-electron chi connectivity index (χ0n) is 9.22. The summed E-state index contributed by atoms with van der Waals surface area (Å²) in [4.78, 5) is 0.798. The number of hydrogen-bond donors (Lipinski definition) is 0. The molecule has 0 saturated heterocycles. The van der Waals surface area contributed by atoms with Crippen molar-refractivity contribution in [2.75, 3.05) is 0 Å². The van der Waals surface area contributed by atoms with Gasteiger partial charge in [-0.15, -0.1) is 0 Å². The van der Waals surface area contributed by atoms with Gasteiger partial charge in [-0.1, -0.05) is 49.5 Å². The molecule has 0 nitrogen and oxygen atoms in total. The van der Waals surface area contributed by atoms with Crippen LogP contribution in [0.25, 0.3) is 0 Å². The first-order chi connectivity index (χ1) is 6.15. The van der Waals surface area contributed by atoms with Gasteiger partial charge in [0.05, 0.1) is 0 Å². The molecule has 0 aliphatic heterocycles. The average molecular weight is 247 g/mol. The van der Waals surface area contributed by atoms with E-state index in [4.69, 9.17) is 0 Å². The lowest BCUT2D eigenvalue weighted by Gasteiger charge is -2.20. The van der Waals surface area contributed by atoms with E-state index in [1.165, 1.54) is 32.1 Å². The van der Waals surface area contributed by atoms with Gasteiger partial charge in [0, 0.05) is 4.83 Å². The van der Waals surface area contributed by atoms with Crippen LogP contribution < -0.4 is 0 Å². The van der Waals surface area contributed by atoms with Crippen molar-refractivity contribution in [3.8, 4) is 0 Å². The molecule has 0 aromatic heterocycles. The largest absolute Gasteiger partial charge is 0.0888 e. The van der Waals surface area contributed by atoms with Gasteiger partial charge < -0.3 is 0 Å². The third-order valence-electron chi connectivity index (χ3n) is 3.61. The molecular formula is C12H23Br. The van der Waals surface area contributed by atoms with Crippen molar-refractivity contribution in [2.24, 2.45) is 17.8 Å². The summed E-state index contributed by atoms with van der Waals surface area (Å²) in [5.41, 5.74) is 0. The fraction of sp³-hybridized carbons (Fsp3) is 1.00. The Morgan fingerprint density at radius 1 is 1.38 bits per heavy atom. The van der Waals surface area contributed by atoms with Crippen LogP contribution in [0.1, 0.15) is 52.9 Å². The standard InChI is InChI=1S/C12H23Br/c1-4-5-9(2)8-11-6-7-12(13)10(11)3/h9-12H,4-8H2,1-3H3. The van der Waals surface area contributed by atoms with E-state index in [1.807, 2.05) is 0 Å². The zero-order valence-corrected chi connectivity index (χ0v) is 10.8. The van der Waals surface area contributed by atoms with Crippen LogP contribution in [0, 0.1) is 17.8 Å². The van der Waals surface area contributed by atoms with E-state index in [1.54, 1.807) is 0 Å². The lowest BCUT2D eigenvalue weighted by Crippen LogP contribution is -2.13. The summed E-state index contributed by atoms with van der Waals surface area (Å²) in [6.07, 6.45) is 7.06. The highest BCUT2D eigenvalue weighted by Gasteiger charge is 2.31. The fourth-order valence-electron chi connectivity index (χ4n) is 2.65. The van der Waals surface area contributed by atoms with Gasteiger partial charge >= 0.3 is 0 Å². The van der Waals surface area contributed by atoms with E-state index in [0.717, 1.165) is 22.6 Å². The maximum absolute atomic E-state index is 3.77. The molecule has 1 aliphatic rings. The molecule has 0 N–H and O–H groups in total. The molecule has 4 atom stereocenters. The molecule has 1 aliphatic carbocycles. The molecule has 0 amide bonds. The van der Waals surface area contributed by atoms with Gasteiger partial charge in [-0.25, -0.2) is 0 Å². The third-order valence-corrected chi connectivity index (χ3v) is 4.91. The molecule has 1 fully saturated rings. The van der Waals surface area contributed by atoms with Crippen molar-refractivity contribution < 1.29 is 0 Å². The van der Waals surface area contributed by atoms with Crippen molar-refractivity contribution in [2.45, 2.75) is 57.7 Å². The van der Waals surface area contributed by atoms with E-state index in [2.05, 4.69) is 36.7 Å². The average Bonchev–Trinajstić information content (AvgIpc) is 2.37. The smallest absolute Gasteiger partial charge is 0.0174 e. The molecule has 13 heavy (non-hydrogen) atoms. The van der Waals surface area contributed by atoms with Gasteiger partial charge in [-0.3, -0.25) is 0 Å². The first-order valence-electron chi connectivity index (χ1n) is 5.79. The monoisotopic (exact) mass is 246 g/mol. The third kappa shape index (κ3) is 3.27. The second kappa shape index (κ2) is 5.38. The van der Waals surface area contributed by atoms with Crippen molar-refractivity contribution in [3.05, 3.63) is 0 Å². The topological polar surface area (TPSA) is 0 Å². The first-order valence-corrected chi connectivity index (χ1v) is 6.70. The van der Waals surface area contributed by atoms with Crippen LogP contribution in [0.3, 0.4) is 0 Å². The van der Waals surface area contributed by atoms with Gasteiger partial charge in [0.1, 0.15) is 0 Å². The van der Waals surface area contributed by atoms with E-state index >= 15 is 0 Å². The van der Waals surface area contributed by atoms with Crippen LogP contribution in [-0.4, -0.2) is 4.83 Å². The van der Waals surface area contributed by atoms with E-state index in [0.29, 0.717) is 0 Å². The molecule has 4 unspecified atom stereocenters. The number of rotatable bonds is 4.